The summed E-state index contributed by atoms with van der Waals surface area (Å²) >= 11 is 8.21. The molecule has 0 bridgehead atoms. The van der Waals surface area contributed by atoms with E-state index < -0.39 is 6.04 Å². The van der Waals surface area contributed by atoms with Gasteiger partial charge in [-0.2, -0.15) is 5.10 Å². The van der Waals surface area contributed by atoms with Crippen molar-refractivity contribution in [2.45, 2.75) is 19.9 Å². The minimum absolute atomic E-state index is 0.176. The van der Waals surface area contributed by atoms with E-state index in [0.717, 1.165) is 15.1 Å². The summed E-state index contributed by atoms with van der Waals surface area (Å²) in [6.45, 7) is 3.21. The van der Waals surface area contributed by atoms with Gasteiger partial charge in [-0.15, -0.1) is 11.3 Å². The van der Waals surface area contributed by atoms with Crippen LogP contribution in [0.2, 0.25) is 0 Å². The third-order valence-corrected chi connectivity index (χ3v) is 6.24. The molecule has 3 aromatic heterocycles. The predicted octanol–water partition coefficient (Wildman–Crippen LogP) is 4.44. The topological polar surface area (TPSA) is 105 Å². The largest absolute Gasteiger partial charge is 0.324 e. The molecule has 1 unspecified atom stereocenters. The Morgan fingerprint density at radius 1 is 1.28 bits per heavy atom. The van der Waals surface area contributed by atoms with Gasteiger partial charge < -0.3 is 10.6 Å². The first kappa shape index (κ1) is 19.4. The molecule has 3 N–H and O–H groups in total. The lowest BCUT2D eigenvalue weighted by atomic mass is 10.2. The summed E-state index contributed by atoms with van der Waals surface area (Å²) in [7, 11) is 0. The number of nitrogens with zero attached hydrogens (tertiary/aromatic N) is 3. The van der Waals surface area contributed by atoms with E-state index in [1.807, 2.05) is 23.6 Å². The van der Waals surface area contributed by atoms with E-state index in [1.54, 1.807) is 23.6 Å². The summed E-state index contributed by atoms with van der Waals surface area (Å²) in [5.41, 5.74) is 1.39. The molecule has 29 heavy (non-hydrogen) atoms. The van der Waals surface area contributed by atoms with Gasteiger partial charge in [0, 0.05) is 12.6 Å². The van der Waals surface area contributed by atoms with E-state index in [2.05, 4.69) is 25.8 Å². The second-order valence-corrected chi connectivity index (χ2v) is 8.61. The first-order valence-electron chi connectivity index (χ1n) is 8.62. The molecule has 0 aliphatic heterocycles. The molecule has 0 aliphatic carbocycles. The molecule has 0 spiro atoms. The predicted molar refractivity (Wildman–Crippen MR) is 118 cm³/mol. The van der Waals surface area contributed by atoms with Crippen LogP contribution < -0.4 is 10.6 Å². The van der Waals surface area contributed by atoms with Gasteiger partial charge >= 0.3 is 0 Å². The molecular formula is C18H16N6O2S3. The Balaban J connectivity index is 1.57. The number of benzene rings is 1. The standard InChI is InChI=1S/C18H16N6O2S3/c1-9(24-15(22-23-18(24)27)13-4-3-7-28-13)16(26)20-11-5-6-12-14(8-11)29-17(21-12)19-10(2)25/h3-9H,1-2H3,(H,20,26)(H,23,27)(H,19,21,25). The normalized spacial score (nSPS) is 12.1. The molecule has 2 amide bonds. The number of H-pyrrole nitrogens is 1. The number of rotatable bonds is 5. The van der Waals surface area contributed by atoms with Crippen molar-refractivity contribution in [2.75, 3.05) is 10.6 Å². The molecule has 8 nitrogen and oxygen atoms in total. The maximum Gasteiger partial charge on any atom is 0.247 e. The number of hydrogen-bond acceptors (Lipinski definition) is 7. The number of aromatic amines is 1. The zero-order chi connectivity index (χ0) is 20.5. The average Bonchev–Trinajstić information content (AvgIpc) is 3.39. The van der Waals surface area contributed by atoms with E-state index >= 15 is 0 Å². The Hall–Kier alpha value is -2.89. The highest BCUT2D eigenvalue weighted by Crippen LogP contribution is 2.29. The van der Waals surface area contributed by atoms with Crippen molar-refractivity contribution in [1.29, 1.82) is 0 Å². The van der Waals surface area contributed by atoms with Crippen LogP contribution in [0.5, 0.6) is 0 Å². The highest BCUT2D eigenvalue weighted by atomic mass is 32.1. The van der Waals surface area contributed by atoms with E-state index in [9.17, 15) is 9.59 Å². The number of carbonyl (C=O) groups is 2. The van der Waals surface area contributed by atoms with Gasteiger partial charge in [-0.3, -0.25) is 19.3 Å². The number of thiophene rings is 1. The fraction of sp³-hybridized carbons (Fsp3) is 0.167. The number of fused-ring (bicyclic) bond motifs is 1. The Kier molecular flexibility index (Phi) is 5.26. The van der Waals surface area contributed by atoms with Gasteiger partial charge in [0.2, 0.25) is 11.8 Å². The Morgan fingerprint density at radius 3 is 2.83 bits per heavy atom. The molecule has 4 rings (SSSR count). The van der Waals surface area contributed by atoms with Gasteiger partial charge in [0.25, 0.3) is 0 Å². The number of aromatic nitrogens is 4. The molecule has 0 aliphatic rings. The van der Waals surface area contributed by atoms with Gasteiger partial charge in [0.15, 0.2) is 15.7 Å². The molecule has 4 aromatic rings. The van der Waals surface area contributed by atoms with Crippen molar-refractivity contribution in [2.24, 2.45) is 0 Å². The van der Waals surface area contributed by atoms with Crippen LogP contribution in [0.4, 0.5) is 10.8 Å². The number of nitrogens with one attached hydrogen (secondary N) is 3. The molecule has 1 atom stereocenters. The van der Waals surface area contributed by atoms with Gasteiger partial charge in [-0.05, 0) is 48.8 Å². The van der Waals surface area contributed by atoms with Crippen molar-refractivity contribution >= 4 is 67.7 Å². The third-order valence-electron chi connectivity index (χ3n) is 4.15. The maximum atomic E-state index is 12.9. The van der Waals surface area contributed by atoms with Gasteiger partial charge in [0.1, 0.15) is 6.04 Å². The lowest BCUT2D eigenvalue weighted by Crippen LogP contribution is -2.24. The van der Waals surface area contributed by atoms with Crippen LogP contribution in [-0.4, -0.2) is 31.6 Å². The minimum atomic E-state index is -0.564. The number of thiazole rings is 1. The summed E-state index contributed by atoms with van der Waals surface area (Å²) in [6.07, 6.45) is 0. The molecule has 0 radical (unpaired) electrons. The number of amides is 2. The average molecular weight is 445 g/mol. The van der Waals surface area contributed by atoms with E-state index in [1.165, 1.54) is 29.6 Å². The quantitative estimate of drug-likeness (QED) is 0.395. The van der Waals surface area contributed by atoms with Crippen molar-refractivity contribution < 1.29 is 9.59 Å². The van der Waals surface area contributed by atoms with E-state index in [4.69, 9.17) is 12.2 Å². The maximum absolute atomic E-state index is 12.9. The van der Waals surface area contributed by atoms with Crippen molar-refractivity contribution in [3.05, 3.63) is 40.5 Å². The van der Waals surface area contributed by atoms with Crippen LogP contribution >= 0.6 is 34.9 Å². The minimum Gasteiger partial charge on any atom is -0.324 e. The fourth-order valence-corrected chi connectivity index (χ4v) is 4.77. The summed E-state index contributed by atoms with van der Waals surface area (Å²) in [5.74, 6) is 0.238. The zero-order valence-electron chi connectivity index (χ0n) is 15.4. The molecule has 0 fully saturated rings. The summed E-state index contributed by atoms with van der Waals surface area (Å²) in [6, 6.07) is 8.70. The SMILES string of the molecule is CC(=O)Nc1nc2ccc(NC(=O)C(C)n3c(-c4cccs4)n[nH]c3=S)cc2s1. The zero-order valence-corrected chi connectivity index (χ0v) is 17.9. The molecule has 1 aromatic carbocycles. The lowest BCUT2D eigenvalue weighted by molar-refractivity contribution is -0.118. The van der Waals surface area contributed by atoms with Crippen LogP contribution in [-0.2, 0) is 9.59 Å². The highest BCUT2D eigenvalue weighted by Gasteiger charge is 2.21. The molecule has 0 saturated heterocycles. The molecule has 148 valence electrons. The van der Waals surface area contributed by atoms with Crippen LogP contribution in [0.3, 0.4) is 0 Å². The molecule has 0 saturated carbocycles. The smallest absolute Gasteiger partial charge is 0.247 e. The number of carbonyl (C=O) groups excluding carboxylic acids is 2. The van der Waals surface area contributed by atoms with Crippen molar-refractivity contribution in [3.63, 3.8) is 0 Å². The van der Waals surface area contributed by atoms with Crippen LogP contribution in [0.25, 0.3) is 20.9 Å². The number of hydrogen-bond donors (Lipinski definition) is 3. The second-order valence-electron chi connectivity index (χ2n) is 6.25. The first-order chi connectivity index (χ1) is 13.9. The Morgan fingerprint density at radius 2 is 2.10 bits per heavy atom. The van der Waals surface area contributed by atoms with Crippen LogP contribution in [0.15, 0.2) is 35.7 Å². The van der Waals surface area contributed by atoms with Crippen LogP contribution in [0.1, 0.15) is 19.9 Å². The van der Waals surface area contributed by atoms with Crippen molar-refractivity contribution in [1.82, 2.24) is 19.7 Å². The fourth-order valence-electron chi connectivity index (χ4n) is 2.81. The second kappa shape index (κ2) is 7.85. The Bertz CT molecular complexity index is 1250. The van der Waals surface area contributed by atoms with Gasteiger partial charge in [0.05, 0.1) is 15.1 Å². The summed E-state index contributed by atoms with van der Waals surface area (Å²) < 4.78 is 2.95. The summed E-state index contributed by atoms with van der Waals surface area (Å²) in [4.78, 5) is 29.4. The van der Waals surface area contributed by atoms with E-state index in [0.29, 0.717) is 21.4 Å². The number of anilines is 2. The monoisotopic (exact) mass is 444 g/mol. The first-order valence-corrected chi connectivity index (χ1v) is 10.7. The summed E-state index contributed by atoms with van der Waals surface area (Å²) in [5, 5.41) is 15.1. The molecule has 3 heterocycles. The van der Waals surface area contributed by atoms with E-state index in [-0.39, 0.29) is 11.8 Å². The lowest BCUT2D eigenvalue weighted by Gasteiger charge is -2.15. The Labute approximate surface area is 178 Å². The highest BCUT2D eigenvalue weighted by molar-refractivity contribution is 7.71. The molecular weight excluding hydrogens is 428 g/mol. The van der Waals surface area contributed by atoms with Crippen molar-refractivity contribution in [3.8, 4) is 10.7 Å². The molecule has 11 heteroatoms. The van der Waals surface area contributed by atoms with Gasteiger partial charge in [-0.25, -0.2) is 4.98 Å². The third kappa shape index (κ3) is 3.97. The van der Waals surface area contributed by atoms with Gasteiger partial charge in [-0.1, -0.05) is 17.4 Å². The van der Waals surface area contributed by atoms with Crippen LogP contribution in [0, 0.1) is 4.77 Å².